The summed E-state index contributed by atoms with van der Waals surface area (Å²) in [6, 6.07) is 9.31. The van der Waals surface area contributed by atoms with Crippen molar-refractivity contribution in [1.29, 1.82) is 0 Å². The first-order valence-electron chi connectivity index (χ1n) is 9.85. The molecule has 0 aliphatic rings. The van der Waals surface area contributed by atoms with Gasteiger partial charge in [-0.1, -0.05) is 13.8 Å². The molecule has 1 amide bonds. The largest absolute Gasteiger partial charge is 0.462 e. The molecule has 0 aliphatic carbocycles. The van der Waals surface area contributed by atoms with Crippen molar-refractivity contribution in [2.75, 3.05) is 17.3 Å². The molecule has 1 aromatic carbocycles. The summed E-state index contributed by atoms with van der Waals surface area (Å²) < 4.78 is 5.18. The van der Waals surface area contributed by atoms with Crippen LogP contribution in [0.1, 0.15) is 34.6 Å². The standard InChI is InChI=1S/C21H21N7O5/c1-13(2)11-33-21(30)14-5-7-16(8-6-14)25-18-17(28(31)32)19(24-12-23-18)26-27-20(29)15-4-3-9-22-10-15/h3-10,12-13H,11H2,1-2H3,(H,27,29)(H2,23,24,25,26). The molecule has 0 spiro atoms. The molecule has 0 radical (unpaired) electrons. The van der Waals surface area contributed by atoms with Gasteiger partial charge in [0.25, 0.3) is 5.91 Å². The fourth-order valence-corrected chi connectivity index (χ4v) is 2.57. The van der Waals surface area contributed by atoms with Crippen LogP contribution in [0.5, 0.6) is 0 Å². The molecule has 3 N–H and O–H groups in total. The lowest BCUT2D eigenvalue weighted by molar-refractivity contribution is -0.383. The molecule has 3 aromatic rings. The number of aromatic nitrogens is 3. The summed E-state index contributed by atoms with van der Waals surface area (Å²) in [4.78, 5) is 46.8. The summed E-state index contributed by atoms with van der Waals surface area (Å²) in [5.74, 6) is -1.12. The molecule has 12 nitrogen and oxygen atoms in total. The first-order chi connectivity index (χ1) is 15.8. The van der Waals surface area contributed by atoms with Crippen LogP contribution in [0.15, 0.2) is 55.1 Å². The second kappa shape index (κ2) is 10.6. The Balaban J connectivity index is 1.73. The van der Waals surface area contributed by atoms with Crippen LogP contribution in [0.4, 0.5) is 23.0 Å². The first-order valence-corrected chi connectivity index (χ1v) is 9.85. The first kappa shape index (κ1) is 23.1. The smallest absolute Gasteiger partial charge is 0.355 e. The van der Waals surface area contributed by atoms with Gasteiger partial charge in [-0.2, -0.15) is 0 Å². The van der Waals surface area contributed by atoms with Gasteiger partial charge in [-0.05, 0) is 42.3 Å². The zero-order chi connectivity index (χ0) is 23.8. The molecule has 0 bridgehead atoms. The topological polar surface area (TPSA) is 161 Å². The third-order valence-corrected chi connectivity index (χ3v) is 4.15. The Morgan fingerprint density at radius 3 is 2.45 bits per heavy atom. The third kappa shape index (κ3) is 6.19. The van der Waals surface area contributed by atoms with E-state index in [-0.39, 0.29) is 23.1 Å². The summed E-state index contributed by atoms with van der Waals surface area (Å²) in [6.07, 6.45) is 3.96. The zero-order valence-electron chi connectivity index (χ0n) is 17.8. The van der Waals surface area contributed by atoms with E-state index in [1.165, 1.54) is 30.6 Å². The fraction of sp³-hybridized carbons (Fsp3) is 0.190. The summed E-state index contributed by atoms with van der Waals surface area (Å²) in [5.41, 5.74) is 5.35. The highest BCUT2D eigenvalue weighted by Crippen LogP contribution is 2.30. The van der Waals surface area contributed by atoms with Gasteiger partial charge in [0.15, 0.2) is 0 Å². The van der Waals surface area contributed by atoms with Gasteiger partial charge in [0.2, 0.25) is 11.6 Å². The number of esters is 1. The number of nitro groups is 1. The van der Waals surface area contributed by atoms with Crippen molar-refractivity contribution in [3.8, 4) is 0 Å². The molecule has 0 unspecified atom stereocenters. The Labute approximate surface area is 188 Å². The van der Waals surface area contributed by atoms with Crippen molar-refractivity contribution in [1.82, 2.24) is 20.4 Å². The monoisotopic (exact) mass is 451 g/mol. The minimum atomic E-state index is -0.682. The Hall–Kier alpha value is -4.61. The molecule has 0 aliphatic heterocycles. The van der Waals surface area contributed by atoms with Gasteiger partial charge < -0.3 is 10.1 Å². The molecule has 0 atom stereocenters. The van der Waals surface area contributed by atoms with Crippen molar-refractivity contribution >= 4 is 34.9 Å². The average Bonchev–Trinajstić information content (AvgIpc) is 2.81. The van der Waals surface area contributed by atoms with Crippen molar-refractivity contribution in [3.05, 3.63) is 76.4 Å². The van der Waals surface area contributed by atoms with Crippen molar-refractivity contribution in [2.24, 2.45) is 5.92 Å². The Kier molecular flexibility index (Phi) is 7.42. The minimum Gasteiger partial charge on any atom is -0.462 e. The number of rotatable bonds is 9. The summed E-state index contributed by atoms with van der Waals surface area (Å²) in [5, 5.41) is 14.5. The number of benzene rings is 1. The van der Waals surface area contributed by atoms with E-state index in [2.05, 4.69) is 31.1 Å². The van der Waals surface area contributed by atoms with Gasteiger partial charge in [-0.25, -0.2) is 14.8 Å². The number of ether oxygens (including phenoxy) is 1. The average molecular weight is 451 g/mol. The number of nitrogens with one attached hydrogen (secondary N) is 3. The molecule has 0 fully saturated rings. The molecular weight excluding hydrogens is 430 g/mol. The molecule has 33 heavy (non-hydrogen) atoms. The van der Waals surface area contributed by atoms with Gasteiger partial charge in [-0.15, -0.1) is 0 Å². The molecule has 170 valence electrons. The maximum absolute atomic E-state index is 12.2. The van der Waals surface area contributed by atoms with E-state index >= 15 is 0 Å². The highest BCUT2D eigenvalue weighted by molar-refractivity contribution is 5.94. The van der Waals surface area contributed by atoms with Crippen molar-refractivity contribution < 1.29 is 19.2 Å². The van der Waals surface area contributed by atoms with E-state index < -0.39 is 22.5 Å². The molecule has 2 aromatic heterocycles. The van der Waals surface area contributed by atoms with Crippen LogP contribution >= 0.6 is 0 Å². The number of carbonyl (C=O) groups is 2. The number of pyridine rings is 1. The lowest BCUT2D eigenvalue weighted by Crippen LogP contribution is -2.30. The number of nitrogens with zero attached hydrogens (tertiary/aromatic N) is 4. The van der Waals surface area contributed by atoms with E-state index in [0.717, 1.165) is 6.33 Å². The SMILES string of the molecule is CC(C)COC(=O)c1ccc(Nc2ncnc(NNC(=O)c3cccnc3)c2[N+](=O)[O-])cc1. The summed E-state index contributed by atoms with van der Waals surface area (Å²) >= 11 is 0. The lowest BCUT2D eigenvalue weighted by Gasteiger charge is -2.11. The van der Waals surface area contributed by atoms with Crippen LogP contribution < -0.4 is 16.2 Å². The fourth-order valence-electron chi connectivity index (χ4n) is 2.57. The third-order valence-electron chi connectivity index (χ3n) is 4.15. The van der Waals surface area contributed by atoms with Gasteiger partial charge in [-0.3, -0.25) is 30.7 Å². The van der Waals surface area contributed by atoms with Crippen LogP contribution in [-0.2, 0) is 4.74 Å². The second-order valence-corrected chi connectivity index (χ2v) is 7.19. The number of carbonyl (C=O) groups excluding carboxylic acids is 2. The highest BCUT2D eigenvalue weighted by atomic mass is 16.6. The van der Waals surface area contributed by atoms with Crippen LogP contribution in [0.2, 0.25) is 0 Å². The number of hydrogen-bond donors (Lipinski definition) is 3. The quantitative estimate of drug-likeness (QED) is 0.250. The predicted octanol–water partition coefficient (Wildman–Crippen LogP) is 3.09. The van der Waals surface area contributed by atoms with Gasteiger partial charge in [0, 0.05) is 18.1 Å². The number of hydrazine groups is 1. The van der Waals surface area contributed by atoms with E-state index in [0.29, 0.717) is 17.9 Å². The van der Waals surface area contributed by atoms with Gasteiger partial charge >= 0.3 is 11.7 Å². The summed E-state index contributed by atoms with van der Waals surface area (Å²) in [7, 11) is 0. The minimum absolute atomic E-state index is 0.108. The van der Waals surface area contributed by atoms with E-state index in [1.807, 2.05) is 13.8 Å². The second-order valence-electron chi connectivity index (χ2n) is 7.19. The normalized spacial score (nSPS) is 10.4. The van der Waals surface area contributed by atoms with Crippen LogP contribution in [0.3, 0.4) is 0 Å². The van der Waals surface area contributed by atoms with Crippen molar-refractivity contribution in [3.63, 3.8) is 0 Å². The molecule has 0 saturated carbocycles. The summed E-state index contributed by atoms with van der Waals surface area (Å²) in [6.45, 7) is 4.17. The van der Waals surface area contributed by atoms with Crippen LogP contribution in [-0.4, -0.2) is 38.4 Å². The molecule has 12 heteroatoms. The Morgan fingerprint density at radius 1 is 1.09 bits per heavy atom. The van der Waals surface area contributed by atoms with Crippen molar-refractivity contribution in [2.45, 2.75) is 13.8 Å². The maximum Gasteiger partial charge on any atom is 0.355 e. The molecular formula is C21H21N7O5. The zero-order valence-corrected chi connectivity index (χ0v) is 17.8. The highest BCUT2D eigenvalue weighted by Gasteiger charge is 2.24. The number of amides is 1. The van der Waals surface area contributed by atoms with Gasteiger partial charge in [0.1, 0.15) is 6.33 Å². The van der Waals surface area contributed by atoms with E-state index in [1.54, 1.807) is 18.2 Å². The maximum atomic E-state index is 12.2. The predicted molar refractivity (Wildman–Crippen MR) is 119 cm³/mol. The molecule has 3 rings (SSSR count). The van der Waals surface area contributed by atoms with E-state index in [9.17, 15) is 19.7 Å². The lowest BCUT2D eigenvalue weighted by atomic mass is 10.2. The Morgan fingerprint density at radius 2 is 1.82 bits per heavy atom. The number of anilines is 3. The van der Waals surface area contributed by atoms with E-state index in [4.69, 9.17) is 4.74 Å². The molecule has 0 saturated heterocycles. The molecule has 2 heterocycles. The van der Waals surface area contributed by atoms with Crippen LogP contribution in [0.25, 0.3) is 0 Å². The number of hydrogen-bond acceptors (Lipinski definition) is 10. The Bertz CT molecular complexity index is 1140. The van der Waals surface area contributed by atoms with Crippen LogP contribution in [0, 0.1) is 16.0 Å². The van der Waals surface area contributed by atoms with Gasteiger partial charge in [0.05, 0.1) is 22.7 Å².